The number of ether oxygens (including phenoxy) is 1. The Bertz CT molecular complexity index is 1250. The second-order valence-corrected chi connectivity index (χ2v) is 9.86. The van der Waals surface area contributed by atoms with Crippen molar-refractivity contribution in [1.82, 2.24) is 35.1 Å². The van der Waals surface area contributed by atoms with Gasteiger partial charge in [-0.15, -0.1) is 0 Å². The van der Waals surface area contributed by atoms with Gasteiger partial charge < -0.3 is 9.64 Å². The average molecular weight is 503 g/mol. The Morgan fingerprint density at radius 1 is 1.08 bits per heavy atom. The van der Waals surface area contributed by atoms with Crippen molar-refractivity contribution in [3.8, 4) is 11.5 Å². The van der Waals surface area contributed by atoms with E-state index in [9.17, 15) is 13.2 Å². The highest BCUT2D eigenvalue weighted by molar-refractivity contribution is 5.59. The summed E-state index contributed by atoms with van der Waals surface area (Å²) in [4.78, 5) is 18.3. The van der Waals surface area contributed by atoms with Crippen LogP contribution in [0, 0.1) is 5.92 Å². The number of pyridine rings is 1. The molecule has 0 amide bonds. The summed E-state index contributed by atoms with van der Waals surface area (Å²) in [6.45, 7) is 8.51. The molecule has 6 rings (SSSR count). The molecule has 192 valence electrons. The van der Waals surface area contributed by atoms with Gasteiger partial charge in [0, 0.05) is 56.1 Å². The summed E-state index contributed by atoms with van der Waals surface area (Å²) in [6, 6.07) is 5.46. The maximum absolute atomic E-state index is 13.3. The number of nitrogens with zero attached hydrogens (tertiary/aromatic N) is 6. The number of alkyl halides is 3. The average Bonchev–Trinajstić information content (AvgIpc) is 3.43. The molecule has 9 nitrogen and oxygen atoms in total. The Morgan fingerprint density at radius 3 is 2.61 bits per heavy atom. The number of imidazole rings is 1. The van der Waals surface area contributed by atoms with Gasteiger partial charge in [0.25, 0.3) is 0 Å². The van der Waals surface area contributed by atoms with Gasteiger partial charge in [0.2, 0.25) is 0 Å². The molecule has 3 aromatic heterocycles. The van der Waals surface area contributed by atoms with E-state index in [0.29, 0.717) is 35.2 Å². The normalized spacial score (nSPS) is 28.1. The molecule has 0 spiro atoms. The van der Waals surface area contributed by atoms with Gasteiger partial charge in [0.15, 0.2) is 5.82 Å². The number of aromatic nitrogens is 4. The molecule has 0 aromatic carbocycles. The van der Waals surface area contributed by atoms with Gasteiger partial charge in [-0.3, -0.25) is 20.2 Å². The van der Waals surface area contributed by atoms with Gasteiger partial charge in [-0.1, -0.05) is 0 Å². The second-order valence-electron chi connectivity index (χ2n) is 9.86. The van der Waals surface area contributed by atoms with Gasteiger partial charge in [-0.05, 0) is 32.0 Å². The number of halogens is 3. The molecule has 2 unspecified atom stereocenters. The van der Waals surface area contributed by atoms with Gasteiger partial charge in [-0.25, -0.2) is 15.0 Å². The monoisotopic (exact) mass is 502 g/mol. The van der Waals surface area contributed by atoms with Crippen molar-refractivity contribution in [2.45, 2.75) is 44.2 Å². The molecule has 4 atom stereocenters. The smallest absolute Gasteiger partial charge is 0.378 e. The molecule has 0 radical (unpaired) electrons. The van der Waals surface area contributed by atoms with E-state index in [1.54, 1.807) is 6.20 Å². The van der Waals surface area contributed by atoms with Crippen LogP contribution in [0.1, 0.15) is 19.4 Å². The highest BCUT2D eigenvalue weighted by atomic mass is 19.4. The summed E-state index contributed by atoms with van der Waals surface area (Å²) in [5.74, 6) is 1.51. The lowest BCUT2D eigenvalue weighted by molar-refractivity contribution is -0.137. The molecule has 3 saturated heterocycles. The third-order valence-corrected chi connectivity index (χ3v) is 7.80. The highest BCUT2D eigenvalue weighted by Crippen LogP contribution is 2.34. The van der Waals surface area contributed by atoms with Crippen LogP contribution in [0.4, 0.5) is 19.0 Å². The number of hydrogen-bond donors (Lipinski definition) is 2. The van der Waals surface area contributed by atoms with E-state index >= 15 is 0 Å². The molecule has 0 saturated carbocycles. The summed E-state index contributed by atoms with van der Waals surface area (Å²) >= 11 is 0. The van der Waals surface area contributed by atoms with E-state index in [0.717, 1.165) is 50.9 Å². The fourth-order valence-corrected chi connectivity index (χ4v) is 5.79. The topological polar surface area (TPSA) is 82.8 Å². The van der Waals surface area contributed by atoms with Crippen molar-refractivity contribution < 1.29 is 17.9 Å². The number of rotatable bonds is 4. The summed E-state index contributed by atoms with van der Waals surface area (Å²) < 4.78 is 46.9. The second kappa shape index (κ2) is 8.94. The van der Waals surface area contributed by atoms with Gasteiger partial charge in [-0.2, -0.15) is 13.2 Å². The summed E-state index contributed by atoms with van der Waals surface area (Å²) in [6.07, 6.45) is -0.213. The molecule has 3 aliphatic heterocycles. The summed E-state index contributed by atoms with van der Waals surface area (Å²) in [5, 5.41) is 0. The largest absolute Gasteiger partial charge is 0.417 e. The minimum Gasteiger partial charge on any atom is -0.378 e. The predicted octanol–water partition coefficient (Wildman–Crippen LogP) is 2.20. The lowest BCUT2D eigenvalue weighted by Gasteiger charge is -2.53. The number of fused-ring (bicyclic) bond motifs is 1. The van der Waals surface area contributed by atoms with E-state index in [1.165, 1.54) is 16.7 Å². The lowest BCUT2D eigenvalue weighted by Crippen LogP contribution is -2.68. The molecule has 3 aromatic rings. The maximum Gasteiger partial charge on any atom is 0.417 e. The Morgan fingerprint density at radius 2 is 1.92 bits per heavy atom. The van der Waals surface area contributed by atoms with Crippen LogP contribution in [0.5, 0.6) is 0 Å². The fraction of sp³-hybridized carbons (Fsp3) is 0.542. The molecule has 3 aliphatic rings. The first-order valence-corrected chi connectivity index (χ1v) is 12.3. The molecular weight excluding hydrogens is 473 g/mol. The van der Waals surface area contributed by atoms with E-state index in [4.69, 9.17) is 9.72 Å². The SMILES string of the molecule is CC1NNCC1[C@H]1[C@@H](C)N(c2ccnc(-c3cnc4ccc(C(F)(F)F)cn34)n2)CCN1C1COC1. The van der Waals surface area contributed by atoms with Crippen LogP contribution < -0.4 is 15.8 Å². The van der Waals surface area contributed by atoms with Crippen molar-refractivity contribution in [1.29, 1.82) is 0 Å². The highest BCUT2D eigenvalue weighted by Gasteiger charge is 2.46. The van der Waals surface area contributed by atoms with Crippen molar-refractivity contribution in [3.05, 3.63) is 42.4 Å². The Labute approximate surface area is 206 Å². The van der Waals surface area contributed by atoms with E-state index in [1.807, 2.05) is 6.07 Å². The van der Waals surface area contributed by atoms with Crippen LogP contribution in [-0.2, 0) is 10.9 Å². The molecule has 0 bridgehead atoms. The Hall–Kier alpha value is -2.80. The summed E-state index contributed by atoms with van der Waals surface area (Å²) in [5.41, 5.74) is 6.75. The quantitative estimate of drug-likeness (QED) is 0.562. The zero-order valence-electron chi connectivity index (χ0n) is 20.1. The van der Waals surface area contributed by atoms with Crippen LogP contribution in [-0.4, -0.2) is 81.3 Å². The lowest BCUT2D eigenvalue weighted by atomic mass is 9.84. The fourth-order valence-electron chi connectivity index (χ4n) is 5.79. The number of hydrogen-bond acceptors (Lipinski definition) is 8. The van der Waals surface area contributed by atoms with E-state index in [2.05, 4.69) is 44.5 Å². The van der Waals surface area contributed by atoms with Crippen LogP contribution in [0.2, 0.25) is 0 Å². The van der Waals surface area contributed by atoms with Crippen molar-refractivity contribution in [3.63, 3.8) is 0 Å². The van der Waals surface area contributed by atoms with Crippen LogP contribution in [0.25, 0.3) is 17.2 Å². The molecule has 2 N–H and O–H groups in total. The molecule has 12 heteroatoms. The predicted molar refractivity (Wildman–Crippen MR) is 127 cm³/mol. The molecule has 36 heavy (non-hydrogen) atoms. The van der Waals surface area contributed by atoms with E-state index < -0.39 is 11.7 Å². The first-order valence-electron chi connectivity index (χ1n) is 12.3. The zero-order valence-corrected chi connectivity index (χ0v) is 20.1. The van der Waals surface area contributed by atoms with Gasteiger partial charge in [0.1, 0.15) is 17.2 Å². The van der Waals surface area contributed by atoms with Gasteiger partial charge in [0.05, 0.1) is 31.0 Å². The first-order chi connectivity index (χ1) is 17.3. The molecule has 0 aliphatic carbocycles. The third kappa shape index (κ3) is 4.01. The van der Waals surface area contributed by atoms with Crippen molar-refractivity contribution in [2.75, 3.05) is 37.7 Å². The van der Waals surface area contributed by atoms with Crippen molar-refractivity contribution >= 4 is 11.5 Å². The van der Waals surface area contributed by atoms with Crippen LogP contribution in [0.15, 0.2) is 36.8 Å². The third-order valence-electron chi connectivity index (χ3n) is 7.80. The van der Waals surface area contributed by atoms with Crippen LogP contribution in [0.3, 0.4) is 0 Å². The minimum atomic E-state index is -4.45. The minimum absolute atomic E-state index is 0.162. The van der Waals surface area contributed by atoms with Gasteiger partial charge >= 0.3 is 6.18 Å². The Kier molecular flexibility index (Phi) is 5.86. The standard InChI is InChI=1S/C24H29F3N8O/c1-14-18(9-30-32-14)22-15(2)33(7-8-34(22)17-12-36-13-17)21-5-6-28-23(31-21)19-10-29-20-4-3-16(11-35(19)20)24(25,26)27/h3-6,10-11,14-15,17-18,22,30,32H,7-9,12-13H2,1-2H3/t14?,15-,18?,22-/m1/s1. The number of piperazine rings is 1. The molecular formula is C24H29F3N8O. The zero-order chi connectivity index (χ0) is 25.0. The molecule has 3 fully saturated rings. The number of nitrogens with one attached hydrogen (secondary N) is 2. The number of anilines is 1. The number of hydrazine groups is 1. The first kappa shape index (κ1) is 23.6. The maximum atomic E-state index is 13.3. The Balaban J connectivity index is 1.33. The molecule has 6 heterocycles. The van der Waals surface area contributed by atoms with Crippen molar-refractivity contribution in [2.24, 2.45) is 5.92 Å². The van der Waals surface area contributed by atoms with E-state index in [-0.39, 0.29) is 12.1 Å². The summed E-state index contributed by atoms with van der Waals surface area (Å²) in [7, 11) is 0. The van der Waals surface area contributed by atoms with Crippen LogP contribution >= 0.6 is 0 Å².